The predicted molar refractivity (Wildman–Crippen MR) is 84.3 cm³/mol. The Kier molecular flexibility index (Phi) is 8.31. The van der Waals surface area contributed by atoms with Crippen LogP contribution in [-0.2, 0) is 4.74 Å². The topological polar surface area (TPSA) is 30.5 Å². The second kappa shape index (κ2) is 9.78. The van der Waals surface area contributed by atoms with Gasteiger partial charge in [0.05, 0.1) is 6.61 Å². The maximum absolute atomic E-state index is 5.86. The van der Waals surface area contributed by atoms with Crippen molar-refractivity contribution in [2.24, 2.45) is 5.92 Å². The Morgan fingerprint density at radius 1 is 1.15 bits per heavy atom. The summed E-state index contributed by atoms with van der Waals surface area (Å²) >= 11 is 0. The number of nitrogens with one attached hydrogen (secondary N) is 1. The van der Waals surface area contributed by atoms with Crippen molar-refractivity contribution in [3.63, 3.8) is 0 Å². The summed E-state index contributed by atoms with van der Waals surface area (Å²) in [5, 5.41) is 3.64. The molecule has 1 aromatic carbocycles. The van der Waals surface area contributed by atoms with E-state index >= 15 is 0 Å². The first-order valence-corrected chi connectivity index (χ1v) is 7.63. The third-order valence-electron chi connectivity index (χ3n) is 3.19. The van der Waals surface area contributed by atoms with E-state index in [2.05, 4.69) is 38.2 Å². The number of methoxy groups -OCH3 is 1. The third kappa shape index (κ3) is 5.93. The predicted octanol–water partition coefficient (Wildman–Crippen LogP) is 3.80. The minimum Gasteiger partial charge on any atom is -0.491 e. The number of benzene rings is 1. The van der Waals surface area contributed by atoms with Gasteiger partial charge in [0.15, 0.2) is 0 Å². The minimum absolute atomic E-state index is 0.355. The quantitative estimate of drug-likeness (QED) is 0.661. The van der Waals surface area contributed by atoms with Crippen molar-refractivity contribution in [3.8, 4) is 5.75 Å². The maximum atomic E-state index is 5.86. The third-order valence-corrected chi connectivity index (χ3v) is 3.19. The van der Waals surface area contributed by atoms with Crippen LogP contribution in [0.1, 0.15) is 45.2 Å². The van der Waals surface area contributed by atoms with Gasteiger partial charge < -0.3 is 14.8 Å². The molecule has 0 fully saturated rings. The molecule has 1 N–H and O–H groups in total. The van der Waals surface area contributed by atoms with Crippen molar-refractivity contribution < 1.29 is 9.47 Å². The highest BCUT2D eigenvalue weighted by molar-refractivity contribution is 5.36. The van der Waals surface area contributed by atoms with Gasteiger partial charge in [-0.05, 0) is 31.4 Å². The first-order chi connectivity index (χ1) is 9.69. The number of para-hydroxylation sites is 1. The van der Waals surface area contributed by atoms with Gasteiger partial charge in [0.25, 0.3) is 0 Å². The molecule has 0 aliphatic heterocycles. The van der Waals surface area contributed by atoms with Crippen molar-refractivity contribution in [3.05, 3.63) is 29.8 Å². The number of hydrogen-bond acceptors (Lipinski definition) is 3. The lowest BCUT2D eigenvalue weighted by Crippen LogP contribution is -2.24. The summed E-state index contributed by atoms with van der Waals surface area (Å²) in [6.07, 6.45) is 2.26. The van der Waals surface area contributed by atoms with Crippen LogP contribution in [0.25, 0.3) is 0 Å². The van der Waals surface area contributed by atoms with Gasteiger partial charge in [-0.3, -0.25) is 0 Å². The summed E-state index contributed by atoms with van der Waals surface area (Å²) in [6.45, 7) is 8.95. The highest BCUT2D eigenvalue weighted by Crippen LogP contribution is 2.29. The molecule has 0 amide bonds. The van der Waals surface area contributed by atoms with Gasteiger partial charge in [-0.25, -0.2) is 0 Å². The highest BCUT2D eigenvalue weighted by atomic mass is 16.5. The Bertz CT molecular complexity index is 366. The summed E-state index contributed by atoms with van der Waals surface area (Å²) < 4.78 is 10.9. The minimum atomic E-state index is 0.355. The van der Waals surface area contributed by atoms with E-state index in [1.807, 2.05) is 12.1 Å². The monoisotopic (exact) mass is 279 g/mol. The molecule has 0 heterocycles. The van der Waals surface area contributed by atoms with Crippen molar-refractivity contribution in [1.82, 2.24) is 5.32 Å². The molecule has 0 spiro atoms. The van der Waals surface area contributed by atoms with E-state index in [1.54, 1.807) is 7.11 Å². The molecule has 3 nitrogen and oxygen atoms in total. The molecule has 0 saturated heterocycles. The van der Waals surface area contributed by atoms with Crippen LogP contribution < -0.4 is 10.1 Å². The number of rotatable bonds is 10. The Hall–Kier alpha value is -1.06. The molecule has 0 aliphatic carbocycles. The van der Waals surface area contributed by atoms with E-state index in [9.17, 15) is 0 Å². The second-order valence-electron chi connectivity index (χ2n) is 5.52. The largest absolute Gasteiger partial charge is 0.491 e. The van der Waals surface area contributed by atoms with Gasteiger partial charge in [-0.15, -0.1) is 0 Å². The summed E-state index contributed by atoms with van der Waals surface area (Å²) in [7, 11) is 1.69. The number of hydrogen-bond donors (Lipinski definition) is 1. The summed E-state index contributed by atoms with van der Waals surface area (Å²) in [4.78, 5) is 0. The zero-order valence-corrected chi connectivity index (χ0v) is 13.3. The van der Waals surface area contributed by atoms with E-state index in [0.717, 1.165) is 25.1 Å². The molecule has 0 saturated carbocycles. The van der Waals surface area contributed by atoms with E-state index < -0.39 is 0 Å². The van der Waals surface area contributed by atoms with Gasteiger partial charge in [-0.2, -0.15) is 0 Å². The van der Waals surface area contributed by atoms with Crippen LogP contribution in [0.5, 0.6) is 5.75 Å². The molecule has 0 aliphatic rings. The molecule has 0 aromatic heterocycles. The first kappa shape index (κ1) is 17.0. The fraction of sp³-hybridized carbons (Fsp3) is 0.647. The molecular formula is C17H29NO2. The van der Waals surface area contributed by atoms with E-state index in [1.165, 1.54) is 5.56 Å². The standard InChI is InChI=1S/C17H29NO2/c1-5-10-18-16(13-14(2)3)15-8-6-7-9-17(15)20-12-11-19-4/h6-9,14,16,18H,5,10-13H2,1-4H3. The Labute approximate surface area is 123 Å². The van der Waals surface area contributed by atoms with Gasteiger partial charge in [0, 0.05) is 18.7 Å². The highest BCUT2D eigenvalue weighted by Gasteiger charge is 2.16. The average molecular weight is 279 g/mol. The molecule has 1 unspecified atom stereocenters. The molecule has 0 radical (unpaired) electrons. The molecule has 1 atom stereocenters. The Balaban J connectivity index is 2.81. The second-order valence-corrected chi connectivity index (χ2v) is 5.52. The first-order valence-electron chi connectivity index (χ1n) is 7.63. The van der Waals surface area contributed by atoms with Crippen LogP contribution in [-0.4, -0.2) is 26.9 Å². The van der Waals surface area contributed by atoms with E-state index in [4.69, 9.17) is 9.47 Å². The van der Waals surface area contributed by atoms with Crippen LogP contribution >= 0.6 is 0 Å². The SMILES string of the molecule is CCCNC(CC(C)C)c1ccccc1OCCOC. The fourth-order valence-corrected chi connectivity index (χ4v) is 2.25. The van der Waals surface area contributed by atoms with Crippen LogP contribution in [0, 0.1) is 5.92 Å². The van der Waals surface area contributed by atoms with Gasteiger partial charge in [0.1, 0.15) is 12.4 Å². The molecule has 0 bridgehead atoms. The maximum Gasteiger partial charge on any atom is 0.124 e. The van der Waals surface area contributed by atoms with Crippen LogP contribution in [0.4, 0.5) is 0 Å². The van der Waals surface area contributed by atoms with Gasteiger partial charge in [-0.1, -0.05) is 39.0 Å². The normalized spacial score (nSPS) is 12.7. The van der Waals surface area contributed by atoms with Gasteiger partial charge in [0.2, 0.25) is 0 Å². The molecule has 1 aromatic rings. The van der Waals surface area contributed by atoms with Crippen LogP contribution in [0.3, 0.4) is 0 Å². The lowest BCUT2D eigenvalue weighted by atomic mass is 9.96. The molecule has 20 heavy (non-hydrogen) atoms. The van der Waals surface area contributed by atoms with Crippen LogP contribution in [0.2, 0.25) is 0 Å². The molecule has 1 rings (SSSR count). The smallest absolute Gasteiger partial charge is 0.124 e. The lowest BCUT2D eigenvalue weighted by Gasteiger charge is -2.23. The van der Waals surface area contributed by atoms with Crippen molar-refractivity contribution in [2.45, 2.75) is 39.7 Å². The molecule has 114 valence electrons. The van der Waals surface area contributed by atoms with Crippen molar-refractivity contribution in [1.29, 1.82) is 0 Å². The molecule has 3 heteroatoms. The summed E-state index contributed by atoms with van der Waals surface area (Å²) in [6, 6.07) is 8.68. The average Bonchev–Trinajstić information content (AvgIpc) is 2.44. The van der Waals surface area contributed by atoms with E-state index in [0.29, 0.717) is 25.2 Å². The Morgan fingerprint density at radius 2 is 1.90 bits per heavy atom. The van der Waals surface area contributed by atoms with E-state index in [-0.39, 0.29) is 0 Å². The summed E-state index contributed by atoms with van der Waals surface area (Å²) in [5.41, 5.74) is 1.26. The zero-order chi connectivity index (χ0) is 14.8. The van der Waals surface area contributed by atoms with Crippen molar-refractivity contribution >= 4 is 0 Å². The van der Waals surface area contributed by atoms with Gasteiger partial charge >= 0.3 is 0 Å². The Morgan fingerprint density at radius 3 is 2.55 bits per heavy atom. The summed E-state index contributed by atoms with van der Waals surface area (Å²) in [5.74, 6) is 1.62. The van der Waals surface area contributed by atoms with Crippen LogP contribution in [0.15, 0.2) is 24.3 Å². The van der Waals surface area contributed by atoms with Crippen molar-refractivity contribution in [2.75, 3.05) is 26.9 Å². The lowest BCUT2D eigenvalue weighted by molar-refractivity contribution is 0.145. The molecular weight excluding hydrogens is 250 g/mol. The number of ether oxygens (including phenoxy) is 2. The fourth-order valence-electron chi connectivity index (χ4n) is 2.25. The zero-order valence-electron chi connectivity index (χ0n) is 13.3.